The largest absolute Gasteiger partial charge is 0.695 e. The molecular weight excluding hydrogens is 870 g/mol. The second-order valence-electron chi connectivity index (χ2n) is 13.8. The summed E-state index contributed by atoms with van der Waals surface area (Å²) in [5.74, 6) is -1.85. The molecule has 10 atom stereocenters. The zero-order chi connectivity index (χ0) is 44.3. The number of carbonyl (C=O) groups excluding carboxylic acids is 2. The first-order chi connectivity index (χ1) is 29.7. The minimum atomic E-state index is -5.06. The van der Waals surface area contributed by atoms with Crippen LogP contribution in [-0.2, 0) is 41.5 Å². The van der Waals surface area contributed by atoms with Gasteiger partial charge in [-0.25, -0.2) is 33.3 Å². The van der Waals surface area contributed by atoms with Crippen molar-refractivity contribution in [3.8, 4) is 6.07 Å². The van der Waals surface area contributed by atoms with Crippen molar-refractivity contribution < 1.29 is 65.1 Å². The van der Waals surface area contributed by atoms with Gasteiger partial charge in [-0.2, -0.15) is 10.2 Å². The second-order valence-corrected chi connectivity index (χ2v) is 16.1. The maximum Gasteiger partial charge on any atom is 0.695 e. The SMILES string of the molecule is CC(C)C(=O)Nc1nc2c(ncn2[C@@H]2O[C@H](COP(=O)(OCCC#N)O[C@H]3[C@H](F)[C@H](n4cnc5c(NC(=O)c6ccccc6)ncnc54)O[C@@H]3CO)[C@@H](F)[C@H]2O[P+](=O)O)c(=O)[nH]1. The van der Waals surface area contributed by atoms with Crippen LogP contribution in [0.4, 0.5) is 20.5 Å². The molecule has 0 aliphatic carbocycles. The zero-order valence-corrected chi connectivity index (χ0v) is 34.0. The van der Waals surface area contributed by atoms with Crippen molar-refractivity contribution in [1.82, 2.24) is 39.0 Å². The summed E-state index contributed by atoms with van der Waals surface area (Å²) in [6.45, 7) is 0.683. The highest BCUT2D eigenvalue weighted by Crippen LogP contribution is 2.54. The van der Waals surface area contributed by atoms with Crippen LogP contribution in [0.2, 0.25) is 0 Å². The van der Waals surface area contributed by atoms with Crippen LogP contribution in [0, 0.1) is 17.2 Å². The zero-order valence-electron chi connectivity index (χ0n) is 32.3. The number of phosphoric ester groups is 1. The Balaban J connectivity index is 1.11. The molecule has 28 heteroatoms. The second kappa shape index (κ2) is 18.8. The summed E-state index contributed by atoms with van der Waals surface area (Å²) in [6, 6.07) is 9.97. The number of imidazole rings is 2. The number of carbonyl (C=O) groups is 2. The fraction of sp³-hybridized carbons (Fsp3) is 0.441. The average molecular weight is 907 g/mol. The van der Waals surface area contributed by atoms with Crippen LogP contribution in [0.3, 0.4) is 0 Å². The van der Waals surface area contributed by atoms with Crippen LogP contribution in [0.25, 0.3) is 22.3 Å². The van der Waals surface area contributed by atoms with Gasteiger partial charge in [0.1, 0.15) is 24.6 Å². The summed E-state index contributed by atoms with van der Waals surface area (Å²) < 4.78 is 93.6. The number of nitrogens with one attached hydrogen (secondary N) is 3. The molecule has 0 radical (unpaired) electrons. The molecule has 6 heterocycles. The van der Waals surface area contributed by atoms with E-state index in [0.717, 1.165) is 28.1 Å². The van der Waals surface area contributed by atoms with Crippen molar-refractivity contribution in [2.75, 3.05) is 30.5 Å². The maximum atomic E-state index is 16.5. The number of aromatic amines is 1. The van der Waals surface area contributed by atoms with Crippen LogP contribution >= 0.6 is 16.1 Å². The van der Waals surface area contributed by atoms with Crippen molar-refractivity contribution in [3.63, 3.8) is 0 Å². The van der Waals surface area contributed by atoms with Crippen LogP contribution in [0.1, 0.15) is 43.1 Å². The van der Waals surface area contributed by atoms with E-state index in [1.165, 1.54) is 0 Å². The van der Waals surface area contributed by atoms with Crippen LogP contribution in [-0.4, -0.2) is 117 Å². The lowest BCUT2D eigenvalue weighted by atomic mass is 10.1. The van der Waals surface area contributed by atoms with E-state index < -0.39 is 108 Å². The number of fused-ring (bicyclic) bond motifs is 2. The topological polar surface area (TPSA) is 319 Å². The van der Waals surface area contributed by atoms with E-state index in [4.69, 9.17) is 32.8 Å². The molecule has 5 N–H and O–H groups in total. The van der Waals surface area contributed by atoms with Gasteiger partial charge in [-0.05, 0) is 12.1 Å². The van der Waals surface area contributed by atoms with Gasteiger partial charge in [0.05, 0.1) is 45.0 Å². The van der Waals surface area contributed by atoms with E-state index in [1.807, 2.05) is 0 Å². The lowest BCUT2D eigenvalue weighted by Gasteiger charge is -2.25. The summed E-state index contributed by atoms with van der Waals surface area (Å²) >= 11 is 0. The molecule has 4 aromatic heterocycles. The number of phosphoric acid groups is 1. The molecule has 2 saturated heterocycles. The molecule has 328 valence electrons. The number of nitriles is 1. The standard InChI is InChI=1S/C34H35F2N11O13P2/c1-16(2)29(49)44-34-43-28-23(31(51)45-34)41-15-47(28)33-25(59-61(52)53)20(35)19(58-33)12-56-62(54,55-10-6-9-37)60-24-18(11-48)57-32(21(24)36)46-14-40-22-26(38-13-39-27(22)46)42-30(50)17-7-4-3-5-8-17/h3-5,7-8,13-16,18-21,24-25,32-33,48H,6,10-12H2,1-2H3,(H3-,38,39,42,43,44,45,49,50,51,52,53)/p+1/t18-,19-,20-,21+,24-,25-,32-,33-,62?/m1/s1. The number of aliphatic hydroxyl groups excluding tert-OH is 1. The molecule has 0 saturated carbocycles. The van der Waals surface area contributed by atoms with Crippen molar-refractivity contribution in [1.29, 1.82) is 5.26 Å². The molecule has 2 unspecified atom stereocenters. The van der Waals surface area contributed by atoms with Crippen LogP contribution < -0.4 is 16.2 Å². The highest BCUT2D eigenvalue weighted by molar-refractivity contribution is 7.48. The van der Waals surface area contributed by atoms with Crippen LogP contribution in [0.15, 0.2) is 54.1 Å². The summed E-state index contributed by atoms with van der Waals surface area (Å²) in [7, 11) is -8.54. The predicted octanol–water partition coefficient (Wildman–Crippen LogP) is 2.74. The van der Waals surface area contributed by atoms with Gasteiger partial charge in [0.2, 0.25) is 11.9 Å². The van der Waals surface area contributed by atoms with Crippen molar-refractivity contribution in [2.24, 2.45) is 5.92 Å². The first kappa shape index (κ1) is 44.5. The minimum absolute atomic E-state index is 0.0108. The van der Waals surface area contributed by atoms with Crippen molar-refractivity contribution >= 4 is 62.0 Å². The lowest BCUT2D eigenvalue weighted by molar-refractivity contribution is -0.118. The summed E-state index contributed by atoms with van der Waals surface area (Å²) in [5, 5.41) is 24.4. The molecule has 2 aliphatic heterocycles. The van der Waals surface area contributed by atoms with Gasteiger partial charge in [0.25, 0.3) is 11.5 Å². The number of benzene rings is 1. The normalized spacial score (nSPS) is 24.9. The highest BCUT2D eigenvalue weighted by Gasteiger charge is 2.54. The summed E-state index contributed by atoms with van der Waals surface area (Å²) in [5.41, 5.74) is -1.00. The number of hydrogen-bond donors (Lipinski definition) is 5. The molecule has 24 nitrogen and oxygen atoms in total. The van der Waals surface area contributed by atoms with E-state index in [0.29, 0.717) is 5.56 Å². The van der Waals surface area contributed by atoms with Gasteiger partial charge in [-0.1, -0.05) is 32.0 Å². The van der Waals surface area contributed by atoms with E-state index in [1.54, 1.807) is 50.2 Å². The van der Waals surface area contributed by atoms with Gasteiger partial charge < -0.3 is 19.9 Å². The molecule has 2 fully saturated rings. The molecular formula is C34H36F2N11O13P2+. The Kier molecular flexibility index (Phi) is 13.5. The average Bonchev–Trinajstić information content (AvgIpc) is 4.02. The Morgan fingerprint density at radius 3 is 2.40 bits per heavy atom. The first-order valence-electron chi connectivity index (χ1n) is 18.5. The number of halogens is 2. The third-order valence-electron chi connectivity index (χ3n) is 9.41. The number of aromatic nitrogens is 8. The highest BCUT2D eigenvalue weighted by atomic mass is 31.2. The smallest absolute Gasteiger partial charge is 0.394 e. The number of ether oxygens (including phenoxy) is 2. The van der Waals surface area contributed by atoms with Crippen molar-refractivity contribution in [2.45, 2.75) is 69.5 Å². The van der Waals surface area contributed by atoms with E-state index in [2.05, 4.69) is 40.5 Å². The molecule has 2 aliphatic rings. The van der Waals surface area contributed by atoms with E-state index in [-0.39, 0.29) is 40.5 Å². The van der Waals surface area contributed by atoms with Crippen molar-refractivity contribution in [3.05, 3.63) is 65.2 Å². The van der Waals surface area contributed by atoms with Crippen LogP contribution in [0.5, 0.6) is 0 Å². The lowest BCUT2D eigenvalue weighted by Crippen LogP contribution is -2.34. The number of rotatable bonds is 17. The van der Waals surface area contributed by atoms with E-state index >= 15 is 8.78 Å². The summed E-state index contributed by atoms with van der Waals surface area (Å²) in [6.07, 6.45) is -12.2. The van der Waals surface area contributed by atoms with Gasteiger partial charge in [0, 0.05) is 16.0 Å². The number of anilines is 2. The third kappa shape index (κ3) is 9.27. The molecule has 0 spiro atoms. The number of alkyl halides is 2. The van der Waals surface area contributed by atoms with Gasteiger partial charge in [0.15, 0.2) is 59.0 Å². The Morgan fingerprint density at radius 1 is 1.00 bits per heavy atom. The number of amides is 2. The quantitative estimate of drug-likeness (QED) is 0.0661. The fourth-order valence-electron chi connectivity index (χ4n) is 6.41. The number of aliphatic hydroxyl groups is 1. The van der Waals surface area contributed by atoms with E-state index in [9.17, 15) is 33.5 Å². The predicted molar refractivity (Wildman–Crippen MR) is 205 cm³/mol. The Hall–Kier alpha value is -5.58. The Labute approximate surface area is 348 Å². The first-order valence-corrected chi connectivity index (χ1v) is 21.1. The van der Waals surface area contributed by atoms with Gasteiger partial charge >= 0.3 is 16.1 Å². The molecule has 0 bridgehead atoms. The molecule has 1 aromatic carbocycles. The Morgan fingerprint density at radius 2 is 1.71 bits per heavy atom. The molecule has 5 aromatic rings. The Bertz CT molecular complexity index is 2610. The minimum Gasteiger partial charge on any atom is -0.394 e. The van der Waals surface area contributed by atoms with Gasteiger partial charge in [-0.3, -0.25) is 47.4 Å². The maximum absolute atomic E-state index is 16.5. The number of H-pyrrole nitrogens is 1. The molecule has 7 rings (SSSR count). The fourth-order valence-corrected chi connectivity index (χ4v) is 8.23. The summed E-state index contributed by atoms with van der Waals surface area (Å²) in [4.78, 5) is 70.5. The molecule has 62 heavy (non-hydrogen) atoms. The monoisotopic (exact) mass is 906 g/mol. The molecule has 2 amide bonds. The third-order valence-corrected chi connectivity index (χ3v) is 11.3. The number of hydrogen-bond acceptors (Lipinski definition) is 18. The van der Waals surface area contributed by atoms with Gasteiger partial charge in [-0.15, -0.1) is 9.42 Å². The number of nitrogens with zero attached hydrogens (tertiary/aromatic N) is 8.